The lowest BCUT2D eigenvalue weighted by atomic mass is 10.2. The van der Waals surface area contributed by atoms with Gasteiger partial charge in [0.2, 0.25) is 5.43 Å². The third-order valence-corrected chi connectivity index (χ3v) is 3.00. The SMILES string of the molecule is CCn1ccc(=O)c(NC(=O)c2ccc(F)c(OC)c2)c1. The third-order valence-electron chi connectivity index (χ3n) is 3.00. The summed E-state index contributed by atoms with van der Waals surface area (Å²) in [7, 11) is 1.32. The van der Waals surface area contributed by atoms with Crippen LogP contribution in [0, 0.1) is 5.82 Å². The number of carbonyl (C=O) groups is 1. The molecule has 0 bridgehead atoms. The van der Waals surface area contributed by atoms with Crippen LogP contribution in [-0.4, -0.2) is 17.6 Å². The number of nitrogens with one attached hydrogen (secondary N) is 1. The van der Waals surface area contributed by atoms with Crippen molar-refractivity contribution in [1.29, 1.82) is 0 Å². The number of rotatable bonds is 4. The second-order valence-electron chi connectivity index (χ2n) is 4.36. The molecule has 0 radical (unpaired) electrons. The summed E-state index contributed by atoms with van der Waals surface area (Å²) in [5.41, 5.74) is 0.0920. The predicted octanol–water partition coefficient (Wildman–Crippen LogP) is 2.27. The molecule has 2 aromatic rings. The molecule has 0 aliphatic heterocycles. The number of carbonyl (C=O) groups excluding carboxylic acids is 1. The molecule has 0 spiro atoms. The highest BCUT2D eigenvalue weighted by atomic mass is 19.1. The smallest absolute Gasteiger partial charge is 0.255 e. The van der Waals surface area contributed by atoms with Crippen molar-refractivity contribution >= 4 is 11.6 Å². The van der Waals surface area contributed by atoms with E-state index in [1.165, 1.54) is 25.3 Å². The fourth-order valence-electron chi connectivity index (χ4n) is 1.81. The number of hydrogen-bond donors (Lipinski definition) is 1. The number of pyridine rings is 1. The molecule has 0 aliphatic carbocycles. The van der Waals surface area contributed by atoms with Gasteiger partial charge in [0.25, 0.3) is 5.91 Å². The molecule has 1 heterocycles. The number of aryl methyl sites for hydroxylation is 1. The molecule has 0 aliphatic rings. The predicted molar refractivity (Wildman–Crippen MR) is 77.3 cm³/mol. The van der Waals surface area contributed by atoms with Crippen LogP contribution in [0.3, 0.4) is 0 Å². The normalized spacial score (nSPS) is 10.2. The summed E-state index contributed by atoms with van der Waals surface area (Å²) in [6.07, 6.45) is 3.19. The minimum absolute atomic E-state index is 0.0262. The molecule has 6 heteroatoms. The van der Waals surface area contributed by atoms with Gasteiger partial charge in [-0.25, -0.2) is 4.39 Å². The number of benzene rings is 1. The average Bonchev–Trinajstić information content (AvgIpc) is 2.49. The quantitative estimate of drug-likeness (QED) is 0.939. The van der Waals surface area contributed by atoms with Crippen LogP contribution >= 0.6 is 0 Å². The van der Waals surface area contributed by atoms with Crippen LogP contribution in [0.15, 0.2) is 41.5 Å². The summed E-state index contributed by atoms with van der Waals surface area (Å²) in [6.45, 7) is 2.59. The van der Waals surface area contributed by atoms with Crippen LogP contribution < -0.4 is 15.5 Å². The average molecular weight is 290 g/mol. The first-order valence-electron chi connectivity index (χ1n) is 6.40. The van der Waals surface area contributed by atoms with Gasteiger partial charge in [0.1, 0.15) is 5.69 Å². The first kappa shape index (κ1) is 14.8. The summed E-state index contributed by atoms with van der Waals surface area (Å²) >= 11 is 0. The van der Waals surface area contributed by atoms with E-state index in [0.717, 1.165) is 6.07 Å². The van der Waals surface area contributed by atoms with Crippen LogP contribution in [0.4, 0.5) is 10.1 Å². The monoisotopic (exact) mass is 290 g/mol. The van der Waals surface area contributed by atoms with Crippen LogP contribution in [0.1, 0.15) is 17.3 Å². The first-order chi connectivity index (χ1) is 10.0. The van der Waals surface area contributed by atoms with E-state index < -0.39 is 11.7 Å². The number of ether oxygens (including phenoxy) is 1. The molecule has 2 rings (SSSR count). The van der Waals surface area contributed by atoms with E-state index in [1.807, 2.05) is 6.92 Å². The van der Waals surface area contributed by atoms with E-state index >= 15 is 0 Å². The molecule has 1 N–H and O–H groups in total. The largest absolute Gasteiger partial charge is 0.494 e. The van der Waals surface area contributed by atoms with E-state index in [4.69, 9.17) is 4.74 Å². The van der Waals surface area contributed by atoms with Gasteiger partial charge < -0.3 is 14.6 Å². The number of halogens is 1. The number of hydrogen-bond acceptors (Lipinski definition) is 3. The minimum atomic E-state index is -0.554. The van der Waals surface area contributed by atoms with E-state index in [9.17, 15) is 14.0 Å². The summed E-state index contributed by atoms with van der Waals surface area (Å²) < 4.78 is 19.9. The zero-order valence-electron chi connectivity index (χ0n) is 11.7. The Kier molecular flexibility index (Phi) is 4.37. The molecular weight excluding hydrogens is 275 g/mol. The molecular formula is C15H15FN2O3. The summed E-state index contributed by atoms with van der Waals surface area (Å²) in [5.74, 6) is -1.08. The maximum atomic E-state index is 13.3. The van der Waals surface area contributed by atoms with Gasteiger partial charge in [-0.2, -0.15) is 0 Å². The molecule has 21 heavy (non-hydrogen) atoms. The lowest BCUT2D eigenvalue weighted by Crippen LogP contribution is -2.19. The van der Waals surface area contributed by atoms with Gasteiger partial charge in [-0.1, -0.05) is 0 Å². The van der Waals surface area contributed by atoms with Crippen molar-refractivity contribution in [3.63, 3.8) is 0 Å². The second kappa shape index (κ2) is 6.21. The fourth-order valence-corrected chi connectivity index (χ4v) is 1.81. The minimum Gasteiger partial charge on any atom is -0.494 e. The highest BCUT2D eigenvalue weighted by Gasteiger charge is 2.12. The first-order valence-corrected chi connectivity index (χ1v) is 6.40. The molecule has 0 unspecified atom stereocenters. The number of nitrogens with zero attached hydrogens (tertiary/aromatic N) is 1. The zero-order chi connectivity index (χ0) is 15.4. The Morgan fingerprint density at radius 2 is 2.14 bits per heavy atom. The van der Waals surface area contributed by atoms with E-state index in [-0.39, 0.29) is 22.4 Å². The highest BCUT2D eigenvalue weighted by molar-refractivity contribution is 6.04. The Bertz CT molecular complexity index is 725. The van der Waals surface area contributed by atoms with Crippen LogP contribution in [0.2, 0.25) is 0 Å². The van der Waals surface area contributed by atoms with Crippen molar-refractivity contribution in [3.05, 3.63) is 58.3 Å². The standard InChI is InChI=1S/C15H15FN2O3/c1-3-18-7-6-13(19)12(9-18)17-15(20)10-4-5-11(16)14(8-10)21-2/h4-9H,3H2,1-2H3,(H,17,20). The Labute approximate surface area is 121 Å². The maximum Gasteiger partial charge on any atom is 0.255 e. The van der Waals surface area contributed by atoms with Crippen molar-refractivity contribution in [2.45, 2.75) is 13.5 Å². The number of aromatic nitrogens is 1. The van der Waals surface area contributed by atoms with Gasteiger partial charge in [0.15, 0.2) is 11.6 Å². The topological polar surface area (TPSA) is 60.3 Å². The molecule has 0 saturated heterocycles. The van der Waals surface area contributed by atoms with E-state index in [1.54, 1.807) is 17.0 Å². The van der Waals surface area contributed by atoms with E-state index in [0.29, 0.717) is 6.54 Å². The van der Waals surface area contributed by atoms with Gasteiger partial charge in [0, 0.05) is 30.6 Å². The van der Waals surface area contributed by atoms with Crippen molar-refractivity contribution in [3.8, 4) is 5.75 Å². The molecule has 0 saturated carbocycles. The van der Waals surface area contributed by atoms with Crippen molar-refractivity contribution < 1.29 is 13.9 Å². The Balaban J connectivity index is 2.28. The molecule has 110 valence electrons. The molecule has 0 fully saturated rings. The molecule has 5 nitrogen and oxygen atoms in total. The van der Waals surface area contributed by atoms with Gasteiger partial charge in [-0.05, 0) is 25.1 Å². The highest BCUT2D eigenvalue weighted by Crippen LogP contribution is 2.18. The Morgan fingerprint density at radius 3 is 2.81 bits per heavy atom. The van der Waals surface area contributed by atoms with E-state index in [2.05, 4.69) is 5.32 Å². The molecule has 1 aromatic carbocycles. The lowest BCUT2D eigenvalue weighted by molar-refractivity contribution is 0.102. The Hall–Kier alpha value is -2.63. The Morgan fingerprint density at radius 1 is 1.38 bits per heavy atom. The van der Waals surface area contributed by atoms with Gasteiger partial charge in [-0.3, -0.25) is 9.59 Å². The van der Waals surface area contributed by atoms with Crippen LogP contribution in [0.5, 0.6) is 5.75 Å². The zero-order valence-corrected chi connectivity index (χ0v) is 11.7. The molecule has 1 amide bonds. The van der Waals surface area contributed by atoms with Crippen LogP contribution in [-0.2, 0) is 6.54 Å². The van der Waals surface area contributed by atoms with Crippen molar-refractivity contribution in [2.24, 2.45) is 0 Å². The van der Waals surface area contributed by atoms with Gasteiger partial charge in [-0.15, -0.1) is 0 Å². The third kappa shape index (κ3) is 3.28. The van der Waals surface area contributed by atoms with Gasteiger partial charge in [0.05, 0.1) is 7.11 Å². The molecule has 0 atom stereocenters. The maximum absolute atomic E-state index is 13.3. The van der Waals surface area contributed by atoms with Gasteiger partial charge >= 0.3 is 0 Å². The van der Waals surface area contributed by atoms with Crippen LogP contribution in [0.25, 0.3) is 0 Å². The summed E-state index contributed by atoms with van der Waals surface area (Å²) in [4.78, 5) is 23.8. The molecule has 1 aromatic heterocycles. The summed E-state index contributed by atoms with van der Waals surface area (Å²) in [5, 5.41) is 2.52. The number of anilines is 1. The lowest BCUT2D eigenvalue weighted by Gasteiger charge is -2.09. The number of methoxy groups -OCH3 is 1. The fraction of sp³-hybridized carbons (Fsp3) is 0.200. The second-order valence-corrected chi connectivity index (χ2v) is 4.36. The number of amides is 1. The van der Waals surface area contributed by atoms with Crippen molar-refractivity contribution in [1.82, 2.24) is 4.57 Å². The van der Waals surface area contributed by atoms with Crippen molar-refractivity contribution in [2.75, 3.05) is 12.4 Å². The summed E-state index contributed by atoms with van der Waals surface area (Å²) in [6, 6.07) is 5.13.